The van der Waals surface area contributed by atoms with Crippen LogP contribution in [-0.2, 0) is 4.74 Å². The summed E-state index contributed by atoms with van der Waals surface area (Å²) < 4.78 is 30.2. The quantitative estimate of drug-likeness (QED) is 0.783. The number of hydrogen-bond acceptors (Lipinski definition) is 3. The fraction of sp³-hybridized carbons (Fsp3) is 0.400. The van der Waals surface area contributed by atoms with Crippen LogP contribution in [0, 0.1) is 11.6 Å². The summed E-state index contributed by atoms with van der Waals surface area (Å²) in [5.41, 5.74) is 0.294. The van der Waals surface area contributed by atoms with E-state index in [1.54, 1.807) is 0 Å². The third kappa shape index (κ3) is 4.22. The molecule has 5 heteroatoms. The van der Waals surface area contributed by atoms with Crippen molar-refractivity contribution in [3.8, 4) is 0 Å². The van der Waals surface area contributed by atoms with Gasteiger partial charge in [0, 0.05) is 25.4 Å². The highest BCUT2D eigenvalue weighted by molar-refractivity contribution is 5.43. The Morgan fingerprint density at radius 1 is 1.33 bits per heavy atom. The number of methoxy groups -OCH3 is 1. The molecule has 0 aliphatic carbocycles. The van der Waals surface area contributed by atoms with E-state index in [1.807, 2.05) is 0 Å². The van der Waals surface area contributed by atoms with Crippen molar-refractivity contribution in [1.82, 2.24) is 0 Å². The molecule has 0 bridgehead atoms. The van der Waals surface area contributed by atoms with Gasteiger partial charge in [0.2, 0.25) is 0 Å². The van der Waals surface area contributed by atoms with Gasteiger partial charge in [-0.25, -0.2) is 8.78 Å². The van der Waals surface area contributed by atoms with Crippen LogP contribution >= 0.6 is 0 Å². The van der Waals surface area contributed by atoms with Crippen LogP contribution < -0.4 is 5.32 Å². The molecule has 0 fully saturated rings. The summed E-state index contributed by atoms with van der Waals surface area (Å²) in [6.07, 6.45) is -0.707. The van der Waals surface area contributed by atoms with Gasteiger partial charge in [-0.05, 0) is 12.1 Å². The first kappa shape index (κ1) is 11.9. The van der Waals surface area contributed by atoms with Crippen LogP contribution in [-0.4, -0.2) is 31.5 Å². The molecule has 0 saturated heterocycles. The number of hydrogen-bond donors (Lipinski definition) is 2. The molecule has 1 rings (SSSR count). The zero-order valence-corrected chi connectivity index (χ0v) is 8.34. The van der Waals surface area contributed by atoms with E-state index in [-0.39, 0.29) is 13.2 Å². The highest BCUT2D eigenvalue weighted by atomic mass is 19.1. The molecule has 3 nitrogen and oxygen atoms in total. The summed E-state index contributed by atoms with van der Waals surface area (Å²) in [6.45, 7) is 0.349. The summed E-state index contributed by atoms with van der Waals surface area (Å²) in [4.78, 5) is 0. The van der Waals surface area contributed by atoms with E-state index in [0.29, 0.717) is 5.69 Å². The molecule has 0 aliphatic rings. The molecule has 1 aromatic rings. The number of aliphatic hydroxyl groups is 1. The van der Waals surface area contributed by atoms with E-state index in [9.17, 15) is 13.9 Å². The first-order valence-corrected chi connectivity index (χ1v) is 4.49. The molecule has 0 saturated carbocycles. The highest BCUT2D eigenvalue weighted by Crippen LogP contribution is 2.12. The van der Waals surface area contributed by atoms with E-state index in [4.69, 9.17) is 4.74 Å². The van der Waals surface area contributed by atoms with Crippen LogP contribution in [0.4, 0.5) is 14.5 Å². The molecule has 1 atom stereocenters. The Balaban J connectivity index is 2.50. The Labute approximate surface area is 86.7 Å². The molecule has 0 amide bonds. The third-order valence-corrected chi connectivity index (χ3v) is 1.76. The molecule has 2 N–H and O–H groups in total. The second-order valence-electron chi connectivity index (χ2n) is 3.15. The molecule has 84 valence electrons. The summed E-state index contributed by atoms with van der Waals surface area (Å²) in [5.74, 6) is -1.31. The van der Waals surface area contributed by atoms with Crippen molar-refractivity contribution >= 4 is 5.69 Å². The van der Waals surface area contributed by atoms with Gasteiger partial charge in [0.25, 0.3) is 0 Å². The van der Waals surface area contributed by atoms with Crippen LogP contribution in [0.25, 0.3) is 0 Å². The monoisotopic (exact) mass is 217 g/mol. The molecular weight excluding hydrogens is 204 g/mol. The Bertz CT molecular complexity index is 300. The maximum Gasteiger partial charge on any atom is 0.128 e. The first-order chi connectivity index (χ1) is 7.11. The standard InChI is InChI=1S/C10H13F2NO2/c1-15-6-10(14)5-13-9-3-7(11)2-8(12)4-9/h2-4,10,13-14H,5-6H2,1H3. The number of nitrogens with one attached hydrogen (secondary N) is 1. The van der Waals surface area contributed by atoms with Crippen molar-refractivity contribution in [2.75, 3.05) is 25.6 Å². The number of anilines is 1. The molecule has 0 heterocycles. The van der Waals surface area contributed by atoms with Crippen molar-refractivity contribution in [2.24, 2.45) is 0 Å². The van der Waals surface area contributed by atoms with Crippen LogP contribution in [0.2, 0.25) is 0 Å². The van der Waals surface area contributed by atoms with Gasteiger partial charge >= 0.3 is 0 Å². The Morgan fingerprint density at radius 3 is 2.47 bits per heavy atom. The summed E-state index contributed by atoms with van der Waals surface area (Å²) in [6, 6.07) is 3.10. The van der Waals surface area contributed by atoms with Gasteiger partial charge in [0.1, 0.15) is 11.6 Å². The predicted octanol–water partition coefficient (Wildman–Crippen LogP) is 1.38. The average Bonchev–Trinajstić information content (AvgIpc) is 2.14. The Hall–Kier alpha value is -1.20. The Kier molecular flexibility index (Phi) is 4.45. The van der Waals surface area contributed by atoms with E-state index in [0.717, 1.165) is 18.2 Å². The van der Waals surface area contributed by atoms with E-state index in [1.165, 1.54) is 7.11 Å². The van der Waals surface area contributed by atoms with Crippen LogP contribution in [0.3, 0.4) is 0 Å². The molecule has 1 aromatic carbocycles. The van der Waals surface area contributed by atoms with Gasteiger partial charge in [0.05, 0.1) is 12.7 Å². The largest absolute Gasteiger partial charge is 0.389 e. The van der Waals surface area contributed by atoms with Gasteiger partial charge in [-0.1, -0.05) is 0 Å². The lowest BCUT2D eigenvalue weighted by Gasteiger charge is -2.11. The number of halogens is 2. The Morgan fingerprint density at radius 2 is 1.93 bits per heavy atom. The van der Waals surface area contributed by atoms with Crippen molar-refractivity contribution in [3.05, 3.63) is 29.8 Å². The second-order valence-corrected chi connectivity index (χ2v) is 3.15. The number of benzene rings is 1. The second kappa shape index (κ2) is 5.63. The van der Waals surface area contributed by atoms with Gasteiger partial charge < -0.3 is 15.2 Å². The molecule has 0 radical (unpaired) electrons. The average molecular weight is 217 g/mol. The van der Waals surface area contributed by atoms with E-state index in [2.05, 4.69) is 5.32 Å². The zero-order valence-electron chi connectivity index (χ0n) is 8.34. The van der Waals surface area contributed by atoms with E-state index < -0.39 is 17.7 Å². The fourth-order valence-electron chi connectivity index (χ4n) is 1.14. The first-order valence-electron chi connectivity index (χ1n) is 4.49. The minimum Gasteiger partial charge on any atom is -0.389 e. The summed E-state index contributed by atoms with van der Waals surface area (Å²) in [5, 5.41) is 12.0. The van der Waals surface area contributed by atoms with Gasteiger partial charge in [-0.2, -0.15) is 0 Å². The number of ether oxygens (including phenoxy) is 1. The lowest BCUT2D eigenvalue weighted by Crippen LogP contribution is -2.24. The summed E-state index contributed by atoms with van der Waals surface area (Å²) >= 11 is 0. The maximum absolute atomic E-state index is 12.7. The summed E-state index contributed by atoms with van der Waals surface area (Å²) in [7, 11) is 1.46. The number of rotatable bonds is 5. The van der Waals surface area contributed by atoms with Crippen molar-refractivity contribution in [1.29, 1.82) is 0 Å². The molecule has 0 spiro atoms. The van der Waals surface area contributed by atoms with Gasteiger partial charge in [-0.15, -0.1) is 0 Å². The highest BCUT2D eigenvalue weighted by Gasteiger charge is 2.04. The molecule has 15 heavy (non-hydrogen) atoms. The van der Waals surface area contributed by atoms with Crippen LogP contribution in [0.1, 0.15) is 0 Å². The van der Waals surface area contributed by atoms with E-state index >= 15 is 0 Å². The lowest BCUT2D eigenvalue weighted by molar-refractivity contribution is 0.0727. The fourth-order valence-corrected chi connectivity index (χ4v) is 1.14. The van der Waals surface area contributed by atoms with Gasteiger partial charge in [0.15, 0.2) is 0 Å². The van der Waals surface area contributed by atoms with Crippen molar-refractivity contribution in [2.45, 2.75) is 6.10 Å². The zero-order chi connectivity index (χ0) is 11.3. The molecular formula is C10H13F2NO2. The minimum atomic E-state index is -0.707. The van der Waals surface area contributed by atoms with Crippen molar-refractivity contribution < 1.29 is 18.6 Å². The van der Waals surface area contributed by atoms with Gasteiger partial charge in [-0.3, -0.25) is 0 Å². The molecule has 1 unspecified atom stereocenters. The van der Waals surface area contributed by atoms with Crippen LogP contribution in [0.5, 0.6) is 0 Å². The topological polar surface area (TPSA) is 41.5 Å². The third-order valence-electron chi connectivity index (χ3n) is 1.76. The normalized spacial score (nSPS) is 12.5. The molecule has 0 aliphatic heterocycles. The lowest BCUT2D eigenvalue weighted by atomic mass is 10.3. The number of aliphatic hydroxyl groups excluding tert-OH is 1. The predicted molar refractivity (Wildman–Crippen MR) is 52.7 cm³/mol. The molecule has 0 aromatic heterocycles. The van der Waals surface area contributed by atoms with Crippen LogP contribution in [0.15, 0.2) is 18.2 Å². The maximum atomic E-state index is 12.7. The SMILES string of the molecule is COCC(O)CNc1cc(F)cc(F)c1. The minimum absolute atomic E-state index is 0.171. The smallest absolute Gasteiger partial charge is 0.128 e. The van der Waals surface area contributed by atoms with Crippen molar-refractivity contribution in [3.63, 3.8) is 0 Å².